The van der Waals surface area contributed by atoms with Gasteiger partial charge in [-0.05, 0) is 60.8 Å². The molecule has 2 aliphatic heterocycles. The molecule has 5 heteroatoms. The summed E-state index contributed by atoms with van der Waals surface area (Å²) in [7, 11) is 0. The summed E-state index contributed by atoms with van der Waals surface area (Å²) in [6, 6.07) is 2.43. The molecule has 0 aliphatic carbocycles. The standard InChI is InChI=1S/C14H20BrN3O/c15-11-8-13(16-9-11)14(19)18-7-3-4-12(10-18)17-5-1-2-6-17/h8-9,12,16H,1-7,10H2. The molecule has 2 saturated heterocycles. The number of carbonyl (C=O) groups excluding carboxylic acids is 1. The molecule has 2 aliphatic rings. The van der Waals surface area contributed by atoms with Crippen molar-refractivity contribution in [2.75, 3.05) is 26.2 Å². The Bertz CT molecular complexity index is 453. The van der Waals surface area contributed by atoms with Gasteiger partial charge in [0, 0.05) is 29.8 Å². The quantitative estimate of drug-likeness (QED) is 0.907. The number of hydrogen-bond donors (Lipinski definition) is 1. The zero-order valence-corrected chi connectivity index (χ0v) is 12.7. The summed E-state index contributed by atoms with van der Waals surface area (Å²) in [5.41, 5.74) is 0.689. The summed E-state index contributed by atoms with van der Waals surface area (Å²) in [5.74, 6) is 0.134. The summed E-state index contributed by atoms with van der Waals surface area (Å²) >= 11 is 3.38. The van der Waals surface area contributed by atoms with Crippen LogP contribution in [0.25, 0.3) is 0 Å². The van der Waals surface area contributed by atoms with Crippen molar-refractivity contribution in [2.24, 2.45) is 0 Å². The maximum atomic E-state index is 12.4. The van der Waals surface area contributed by atoms with E-state index in [2.05, 4.69) is 25.8 Å². The highest BCUT2D eigenvalue weighted by atomic mass is 79.9. The fourth-order valence-corrected chi connectivity index (χ4v) is 3.55. The van der Waals surface area contributed by atoms with Gasteiger partial charge in [-0.15, -0.1) is 0 Å². The van der Waals surface area contributed by atoms with E-state index in [9.17, 15) is 4.79 Å². The maximum Gasteiger partial charge on any atom is 0.270 e. The Balaban J connectivity index is 1.65. The van der Waals surface area contributed by atoms with Gasteiger partial charge in [-0.25, -0.2) is 0 Å². The van der Waals surface area contributed by atoms with Gasteiger partial charge in [0.25, 0.3) is 5.91 Å². The minimum Gasteiger partial charge on any atom is -0.356 e. The molecule has 19 heavy (non-hydrogen) atoms. The number of nitrogens with one attached hydrogen (secondary N) is 1. The van der Waals surface area contributed by atoms with E-state index in [-0.39, 0.29) is 5.91 Å². The van der Waals surface area contributed by atoms with Crippen LogP contribution in [0, 0.1) is 0 Å². The SMILES string of the molecule is O=C(c1cc(Br)c[nH]1)N1CCCC(N2CCCC2)C1. The Morgan fingerprint density at radius 3 is 2.74 bits per heavy atom. The number of aromatic nitrogens is 1. The molecule has 2 fully saturated rings. The van der Waals surface area contributed by atoms with Crippen LogP contribution in [0.4, 0.5) is 0 Å². The van der Waals surface area contributed by atoms with Crippen LogP contribution >= 0.6 is 15.9 Å². The van der Waals surface area contributed by atoms with Crippen molar-refractivity contribution < 1.29 is 4.79 Å². The lowest BCUT2D eigenvalue weighted by Crippen LogP contribution is -2.49. The Morgan fingerprint density at radius 2 is 2.05 bits per heavy atom. The molecule has 104 valence electrons. The van der Waals surface area contributed by atoms with Gasteiger partial charge < -0.3 is 9.88 Å². The topological polar surface area (TPSA) is 39.3 Å². The fraction of sp³-hybridized carbons (Fsp3) is 0.643. The smallest absolute Gasteiger partial charge is 0.270 e. The van der Waals surface area contributed by atoms with Gasteiger partial charge in [0.2, 0.25) is 0 Å². The summed E-state index contributed by atoms with van der Waals surface area (Å²) in [4.78, 5) is 20.0. The zero-order valence-electron chi connectivity index (χ0n) is 11.1. The maximum absolute atomic E-state index is 12.4. The first-order chi connectivity index (χ1) is 9.24. The van der Waals surface area contributed by atoms with E-state index in [1.807, 2.05) is 17.2 Å². The summed E-state index contributed by atoms with van der Waals surface area (Å²) in [6.45, 7) is 4.19. The van der Waals surface area contributed by atoms with E-state index in [1.165, 1.54) is 32.4 Å². The van der Waals surface area contributed by atoms with Crippen molar-refractivity contribution >= 4 is 21.8 Å². The van der Waals surface area contributed by atoms with Crippen molar-refractivity contribution in [2.45, 2.75) is 31.7 Å². The van der Waals surface area contributed by atoms with E-state index < -0.39 is 0 Å². The molecule has 1 aromatic rings. The van der Waals surface area contributed by atoms with Crippen molar-refractivity contribution in [3.8, 4) is 0 Å². The van der Waals surface area contributed by atoms with Crippen LogP contribution in [0.5, 0.6) is 0 Å². The predicted octanol–water partition coefficient (Wildman–Crippen LogP) is 2.48. The molecule has 1 amide bonds. The van der Waals surface area contributed by atoms with Gasteiger partial charge in [0.15, 0.2) is 0 Å². The van der Waals surface area contributed by atoms with Gasteiger partial charge in [-0.3, -0.25) is 9.69 Å². The largest absolute Gasteiger partial charge is 0.356 e. The minimum atomic E-state index is 0.134. The molecule has 0 spiro atoms. The lowest BCUT2D eigenvalue weighted by atomic mass is 10.0. The summed E-state index contributed by atoms with van der Waals surface area (Å²) in [5, 5.41) is 0. The first kappa shape index (κ1) is 13.2. The van der Waals surface area contributed by atoms with Crippen LogP contribution in [-0.4, -0.2) is 52.9 Å². The first-order valence-corrected chi connectivity index (χ1v) is 7.90. The molecule has 1 N–H and O–H groups in total. The Labute approximate surface area is 122 Å². The minimum absolute atomic E-state index is 0.134. The number of rotatable bonds is 2. The average molecular weight is 326 g/mol. The number of carbonyl (C=O) groups is 1. The normalized spacial score (nSPS) is 24.9. The molecule has 0 aromatic carbocycles. The monoisotopic (exact) mass is 325 g/mol. The molecule has 3 heterocycles. The highest BCUT2D eigenvalue weighted by molar-refractivity contribution is 9.10. The molecule has 0 saturated carbocycles. The summed E-state index contributed by atoms with van der Waals surface area (Å²) in [6.07, 6.45) is 6.80. The molecule has 1 unspecified atom stereocenters. The predicted molar refractivity (Wildman–Crippen MR) is 78.2 cm³/mol. The molecular formula is C14H20BrN3O. The van der Waals surface area contributed by atoms with Crippen LogP contribution < -0.4 is 0 Å². The van der Waals surface area contributed by atoms with Crippen LogP contribution in [0.2, 0.25) is 0 Å². The second kappa shape index (κ2) is 5.67. The molecule has 4 nitrogen and oxygen atoms in total. The third-order valence-corrected chi connectivity index (χ3v) is 4.68. The number of piperidine rings is 1. The van der Waals surface area contributed by atoms with Gasteiger partial charge in [0.1, 0.15) is 5.69 Å². The van der Waals surface area contributed by atoms with E-state index in [0.29, 0.717) is 11.7 Å². The third kappa shape index (κ3) is 2.87. The Morgan fingerprint density at radius 1 is 1.26 bits per heavy atom. The highest BCUT2D eigenvalue weighted by Crippen LogP contribution is 2.22. The van der Waals surface area contributed by atoms with E-state index in [1.54, 1.807) is 0 Å². The van der Waals surface area contributed by atoms with Crippen molar-refractivity contribution in [1.29, 1.82) is 0 Å². The van der Waals surface area contributed by atoms with Gasteiger partial charge in [-0.1, -0.05) is 0 Å². The van der Waals surface area contributed by atoms with Crippen molar-refractivity contribution in [3.05, 3.63) is 22.4 Å². The molecule has 1 aromatic heterocycles. The van der Waals surface area contributed by atoms with Gasteiger partial charge >= 0.3 is 0 Å². The average Bonchev–Trinajstić information content (AvgIpc) is 3.09. The van der Waals surface area contributed by atoms with Crippen LogP contribution in [-0.2, 0) is 0 Å². The lowest BCUT2D eigenvalue weighted by Gasteiger charge is -2.37. The molecule has 1 atom stereocenters. The molecule has 0 bridgehead atoms. The molecule has 3 rings (SSSR count). The lowest BCUT2D eigenvalue weighted by molar-refractivity contribution is 0.0603. The molecular weight excluding hydrogens is 306 g/mol. The zero-order chi connectivity index (χ0) is 13.2. The Kier molecular flexibility index (Phi) is 3.93. The summed E-state index contributed by atoms with van der Waals surface area (Å²) < 4.78 is 0.934. The number of H-pyrrole nitrogens is 1. The van der Waals surface area contributed by atoms with Crippen LogP contribution in [0.1, 0.15) is 36.2 Å². The third-order valence-electron chi connectivity index (χ3n) is 4.22. The first-order valence-electron chi connectivity index (χ1n) is 7.11. The van der Waals surface area contributed by atoms with E-state index >= 15 is 0 Å². The van der Waals surface area contributed by atoms with Crippen LogP contribution in [0.3, 0.4) is 0 Å². The number of amides is 1. The second-order valence-corrected chi connectivity index (χ2v) is 6.44. The van der Waals surface area contributed by atoms with Crippen molar-refractivity contribution in [1.82, 2.24) is 14.8 Å². The van der Waals surface area contributed by atoms with Gasteiger partial charge in [0.05, 0.1) is 0 Å². The number of aromatic amines is 1. The van der Waals surface area contributed by atoms with E-state index in [0.717, 1.165) is 24.0 Å². The van der Waals surface area contributed by atoms with E-state index in [4.69, 9.17) is 0 Å². The number of nitrogens with zero attached hydrogens (tertiary/aromatic N) is 2. The fourth-order valence-electron chi connectivity index (χ4n) is 3.21. The number of likely N-dealkylation sites (tertiary alicyclic amines) is 2. The second-order valence-electron chi connectivity index (χ2n) is 5.52. The Hall–Kier alpha value is -0.810. The number of halogens is 1. The van der Waals surface area contributed by atoms with Crippen molar-refractivity contribution in [3.63, 3.8) is 0 Å². The molecule has 0 radical (unpaired) electrons. The number of hydrogen-bond acceptors (Lipinski definition) is 2. The van der Waals surface area contributed by atoms with Gasteiger partial charge in [-0.2, -0.15) is 0 Å². The highest BCUT2D eigenvalue weighted by Gasteiger charge is 2.29. The van der Waals surface area contributed by atoms with Crippen LogP contribution in [0.15, 0.2) is 16.7 Å².